The van der Waals surface area contributed by atoms with Crippen LogP contribution >= 0.6 is 0 Å². The quantitative estimate of drug-likeness (QED) is 0.451. The van der Waals surface area contributed by atoms with Gasteiger partial charge in [-0.05, 0) is 55.5 Å². The molecular formula is C25H24N2O7S. The summed E-state index contributed by atoms with van der Waals surface area (Å²) in [6, 6.07) is 20.1. The molecule has 9 nitrogen and oxygen atoms in total. The van der Waals surface area contributed by atoms with Gasteiger partial charge in [0.1, 0.15) is 0 Å². The Labute approximate surface area is 203 Å². The SMILES string of the molecule is CCOC(=O)c1ccccc1NC(=O)COC(=O)c1ccc(S(=O)(=O)N(C)c2ccccc2)cc1. The van der Waals surface area contributed by atoms with Crippen molar-refractivity contribution in [1.82, 2.24) is 0 Å². The van der Waals surface area contributed by atoms with Crippen LogP contribution in [0.15, 0.2) is 83.8 Å². The summed E-state index contributed by atoms with van der Waals surface area (Å²) in [5.74, 6) is -2.05. The number of hydrogen-bond acceptors (Lipinski definition) is 7. The van der Waals surface area contributed by atoms with E-state index in [-0.39, 0.29) is 28.3 Å². The van der Waals surface area contributed by atoms with Gasteiger partial charge in [-0.2, -0.15) is 0 Å². The number of nitrogens with zero attached hydrogens (tertiary/aromatic N) is 1. The molecule has 1 amide bonds. The predicted octanol–water partition coefficient (Wildman–Crippen LogP) is 3.48. The van der Waals surface area contributed by atoms with Gasteiger partial charge in [0.2, 0.25) is 0 Å². The van der Waals surface area contributed by atoms with Crippen molar-refractivity contribution < 1.29 is 32.3 Å². The summed E-state index contributed by atoms with van der Waals surface area (Å²) >= 11 is 0. The van der Waals surface area contributed by atoms with Crippen LogP contribution in [0, 0.1) is 0 Å². The Balaban J connectivity index is 1.61. The number of nitrogens with one attached hydrogen (secondary N) is 1. The lowest BCUT2D eigenvalue weighted by Gasteiger charge is -2.19. The van der Waals surface area contributed by atoms with Gasteiger partial charge in [-0.3, -0.25) is 9.10 Å². The Hall–Kier alpha value is -4.18. The van der Waals surface area contributed by atoms with Gasteiger partial charge in [0.15, 0.2) is 6.61 Å². The lowest BCUT2D eigenvalue weighted by molar-refractivity contribution is -0.119. The average molecular weight is 497 g/mol. The van der Waals surface area contributed by atoms with Crippen LogP contribution in [0.1, 0.15) is 27.6 Å². The molecule has 10 heteroatoms. The highest BCUT2D eigenvalue weighted by Crippen LogP contribution is 2.22. The van der Waals surface area contributed by atoms with Gasteiger partial charge >= 0.3 is 11.9 Å². The number of benzene rings is 3. The van der Waals surface area contributed by atoms with E-state index in [1.807, 2.05) is 0 Å². The number of amides is 1. The highest BCUT2D eigenvalue weighted by Gasteiger charge is 2.22. The third-order valence-electron chi connectivity index (χ3n) is 4.90. The first-order chi connectivity index (χ1) is 16.7. The van der Waals surface area contributed by atoms with E-state index in [4.69, 9.17) is 9.47 Å². The zero-order chi connectivity index (χ0) is 25.4. The molecule has 0 heterocycles. The van der Waals surface area contributed by atoms with Gasteiger partial charge in [-0.1, -0.05) is 30.3 Å². The third-order valence-corrected chi connectivity index (χ3v) is 6.70. The summed E-state index contributed by atoms with van der Waals surface area (Å²) in [5.41, 5.74) is 0.966. The van der Waals surface area contributed by atoms with Crippen LogP contribution in [0.25, 0.3) is 0 Å². The summed E-state index contributed by atoms with van der Waals surface area (Å²) in [6.45, 7) is 1.25. The number of sulfonamides is 1. The number of esters is 2. The highest BCUT2D eigenvalue weighted by atomic mass is 32.2. The Morgan fingerprint density at radius 3 is 2.11 bits per heavy atom. The first-order valence-electron chi connectivity index (χ1n) is 10.6. The molecule has 0 aliphatic heterocycles. The molecule has 0 fully saturated rings. The number of carbonyl (C=O) groups excluding carboxylic acids is 3. The predicted molar refractivity (Wildman–Crippen MR) is 130 cm³/mol. The fourth-order valence-corrected chi connectivity index (χ4v) is 4.27. The third kappa shape index (κ3) is 6.24. The second-order valence-electron chi connectivity index (χ2n) is 7.22. The molecule has 0 aliphatic carbocycles. The molecular weight excluding hydrogens is 472 g/mol. The van der Waals surface area contributed by atoms with Crippen LogP contribution in [-0.2, 0) is 24.3 Å². The molecule has 0 aromatic heterocycles. The molecule has 3 rings (SSSR count). The van der Waals surface area contributed by atoms with Crippen molar-refractivity contribution in [2.24, 2.45) is 0 Å². The van der Waals surface area contributed by atoms with E-state index >= 15 is 0 Å². The molecule has 0 unspecified atom stereocenters. The largest absolute Gasteiger partial charge is 0.462 e. The van der Waals surface area contributed by atoms with E-state index < -0.39 is 34.5 Å². The van der Waals surface area contributed by atoms with Gasteiger partial charge in [-0.15, -0.1) is 0 Å². The molecule has 35 heavy (non-hydrogen) atoms. The van der Waals surface area contributed by atoms with E-state index in [2.05, 4.69) is 5.32 Å². The maximum atomic E-state index is 12.8. The number of ether oxygens (including phenoxy) is 2. The van der Waals surface area contributed by atoms with Crippen LogP contribution in [-0.4, -0.2) is 46.5 Å². The Bertz CT molecular complexity index is 1310. The fourth-order valence-electron chi connectivity index (χ4n) is 3.08. The molecule has 0 atom stereocenters. The molecule has 0 radical (unpaired) electrons. The van der Waals surface area contributed by atoms with Crippen molar-refractivity contribution >= 4 is 39.2 Å². The maximum Gasteiger partial charge on any atom is 0.340 e. The number of hydrogen-bond donors (Lipinski definition) is 1. The van der Waals surface area contributed by atoms with E-state index in [9.17, 15) is 22.8 Å². The number of rotatable bonds is 9. The smallest absolute Gasteiger partial charge is 0.340 e. The molecule has 0 aliphatic rings. The summed E-state index contributed by atoms with van der Waals surface area (Å²) in [5, 5.41) is 2.51. The van der Waals surface area contributed by atoms with Gasteiger partial charge in [0.25, 0.3) is 15.9 Å². The first-order valence-corrected chi connectivity index (χ1v) is 12.0. The van der Waals surface area contributed by atoms with Gasteiger partial charge in [0, 0.05) is 7.05 Å². The van der Waals surface area contributed by atoms with E-state index in [1.165, 1.54) is 43.4 Å². The van der Waals surface area contributed by atoms with Crippen molar-refractivity contribution in [2.75, 3.05) is 29.9 Å². The maximum absolute atomic E-state index is 12.8. The van der Waals surface area contributed by atoms with Gasteiger partial charge in [0.05, 0.1) is 34.0 Å². The first kappa shape index (κ1) is 25.4. The van der Waals surface area contributed by atoms with Crippen molar-refractivity contribution in [3.8, 4) is 0 Å². The van der Waals surface area contributed by atoms with E-state index in [0.717, 1.165) is 4.31 Å². The Kier molecular flexibility index (Phi) is 8.21. The molecule has 0 bridgehead atoms. The van der Waals surface area contributed by atoms with Crippen LogP contribution in [0.5, 0.6) is 0 Å². The molecule has 1 N–H and O–H groups in total. The molecule has 0 saturated carbocycles. The van der Waals surface area contributed by atoms with Crippen LogP contribution < -0.4 is 9.62 Å². The number of para-hydroxylation sites is 2. The van der Waals surface area contributed by atoms with Gasteiger partial charge < -0.3 is 14.8 Å². The molecule has 3 aromatic rings. The minimum atomic E-state index is -3.83. The Morgan fingerprint density at radius 2 is 1.46 bits per heavy atom. The number of carbonyl (C=O) groups is 3. The molecule has 0 saturated heterocycles. The van der Waals surface area contributed by atoms with Crippen LogP contribution in [0.4, 0.5) is 11.4 Å². The van der Waals surface area contributed by atoms with E-state index in [1.54, 1.807) is 49.4 Å². The zero-order valence-electron chi connectivity index (χ0n) is 19.1. The second-order valence-corrected chi connectivity index (χ2v) is 9.19. The number of anilines is 2. The molecule has 182 valence electrons. The minimum Gasteiger partial charge on any atom is -0.462 e. The average Bonchev–Trinajstić information content (AvgIpc) is 2.87. The normalized spacial score (nSPS) is 10.8. The summed E-state index contributed by atoms with van der Waals surface area (Å²) in [6.07, 6.45) is 0. The standard InChI is InChI=1S/C25H24N2O7S/c1-3-33-25(30)21-11-7-8-12-22(21)26-23(28)17-34-24(29)18-13-15-20(16-14-18)35(31,32)27(2)19-9-5-4-6-10-19/h4-16H,3,17H2,1-2H3,(H,26,28). The summed E-state index contributed by atoms with van der Waals surface area (Å²) in [4.78, 5) is 36.6. The Morgan fingerprint density at radius 1 is 0.829 bits per heavy atom. The fraction of sp³-hybridized carbons (Fsp3) is 0.160. The van der Waals surface area contributed by atoms with Crippen molar-refractivity contribution in [2.45, 2.75) is 11.8 Å². The lowest BCUT2D eigenvalue weighted by Crippen LogP contribution is -2.26. The minimum absolute atomic E-state index is 0.00582. The second kappa shape index (κ2) is 11.3. The topological polar surface area (TPSA) is 119 Å². The lowest BCUT2D eigenvalue weighted by atomic mass is 10.2. The summed E-state index contributed by atoms with van der Waals surface area (Å²) < 4.78 is 36.8. The zero-order valence-corrected chi connectivity index (χ0v) is 19.9. The van der Waals surface area contributed by atoms with Gasteiger partial charge in [-0.25, -0.2) is 18.0 Å². The molecule has 0 spiro atoms. The van der Waals surface area contributed by atoms with Crippen molar-refractivity contribution in [1.29, 1.82) is 0 Å². The summed E-state index contributed by atoms with van der Waals surface area (Å²) in [7, 11) is -2.39. The van der Waals surface area contributed by atoms with Crippen LogP contribution in [0.2, 0.25) is 0 Å². The van der Waals surface area contributed by atoms with Crippen molar-refractivity contribution in [3.63, 3.8) is 0 Å². The van der Waals surface area contributed by atoms with Crippen molar-refractivity contribution in [3.05, 3.63) is 90.0 Å². The monoisotopic (exact) mass is 496 g/mol. The van der Waals surface area contributed by atoms with Crippen LogP contribution in [0.3, 0.4) is 0 Å². The highest BCUT2D eigenvalue weighted by molar-refractivity contribution is 7.92. The molecule has 3 aromatic carbocycles. The van der Waals surface area contributed by atoms with E-state index in [0.29, 0.717) is 5.69 Å².